The lowest BCUT2D eigenvalue weighted by Crippen LogP contribution is -1.82. The smallest absolute Gasteiger partial charge is 0.120 e. The summed E-state index contributed by atoms with van der Waals surface area (Å²) in [6.45, 7) is 1.88. The average Bonchev–Trinajstić information content (AvgIpc) is 2.49. The van der Waals surface area contributed by atoms with Crippen molar-refractivity contribution < 1.29 is 5.11 Å². The molecule has 0 aliphatic heterocycles. The van der Waals surface area contributed by atoms with Crippen molar-refractivity contribution in [2.45, 2.75) is 6.92 Å². The summed E-state index contributed by atoms with van der Waals surface area (Å²) in [5, 5.41) is 12.8. The zero-order valence-corrected chi connectivity index (χ0v) is 12.4. The number of hydrogen-bond acceptors (Lipinski definition) is 1. The second-order valence-corrected chi connectivity index (χ2v) is 5.52. The van der Waals surface area contributed by atoms with Crippen LogP contribution in [0.5, 0.6) is 5.75 Å². The summed E-state index contributed by atoms with van der Waals surface area (Å²) in [4.78, 5) is 0. The Bertz CT molecular complexity index is 834. The van der Waals surface area contributed by atoms with Gasteiger partial charge in [0, 0.05) is 5.02 Å². The van der Waals surface area contributed by atoms with Crippen LogP contribution < -0.4 is 0 Å². The third-order valence-corrected chi connectivity index (χ3v) is 3.83. The molecule has 1 N–H and O–H groups in total. The monoisotopic (exact) mass is 294 g/mol. The molecule has 0 aromatic heterocycles. The number of hydrogen-bond donors (Lipinski definition) is 1. The standard InChI is InChI=1S/C19H15ClO/c1-13-16(11-18(20)12-19(13)21)9-7-14-6-8-15-4-2-3-5-17(15)10-14/h2-12,21H,1H3/b9-7+. The van der Waals surface area contributed by atoms with Crippen molar-refractivity contribution >= 4 is 34.5 Å². The number of phenolic OH excluding ortho intramolecular Hbond substituents is 1. The van der Waals surface area contributed by atoms with E-state index in [-0.39, 0.29) is 5.75 Å². The van der Waals surface area contributed by atoms with Gasteiger partial charge < -0.3 is 5.11 Å². The van der Waals surface area contributed by atoms with Gasteiger partial charge in [-0.2, -0.15) is 0 Å². The molecule has 0 unspecified atom stereocenters. The maximum Gasteiger partial charge on any atom is 0.120 e. The van der Waals surface area contributed by atoms with Crippen LogP contribution in [-0.2, 0) is 0 Å². The Labute approximate surface area is 129 Å². The van der Waals surface area contributed by atoms with E-state index < -0.39 is 0 Å². The van der Waals surface area contributed by atoms with Gasteiger partial charge in [0.2, 0.25) is 0 Å². The molecule has 3 rings (SSSR count). The molecule has 104 valence electrons. The quantitative estimate of drug-likeness (QED) is 0.603. The molecular formula is C19H15ClO. The fourth-order valence-corrected chi connectivity index (χ4v) is 2.58. The van der Waals surface area contributed by atoms with Crippen LogP contribution >= 0.6 is 11.6 Å². The predicted molar refractivity (Wildman–Crippen MR) is 90.7 cm³/mol. The molecule has 3 aromatic carbocycles. The molecule has 0 atom stereocenters. The van der Waals surface area contributed by atoms with E-state index in [1.54, 1.807) is 6.07 Å². The molecule has 0 aliphatic carbocycles. The van der Waals surface area contributed by atoms with Gasteiger partial charge in [-0.15, -0.1) is 0 Å². The second kappa shape index (κ2) is 5.63. The number of phenols is 1. The third-order valence-electron chi connectivity index (χ3n) is 3.61. The van der Waals surface area contributed by atoms with Crippen molar-refractivity contribution in [1.82, 2.24) is 0 Å². The van der Waals surface area contributed by atoms with Gasteiger partial charge in [-0.3, -0.25) is 0 Å². The molecule has 0 saturated heterocycles. The Morgan fingerprint density at radius 1 is 0.905 bits per heavy atom. The molecule has 2 heteroatoms. The molecule has 1 nitrogen and oxygen atoms in total. The highest BCUT2D eigenvalue weighted by atomic mass is 35.5. The summed E-state index contributed by atoms with van der Waals surface area (Å²) in [6.07, 6.45) is 4.01. The number of fused-ring (bicyclic) bond motifs is 1. The normalized spacial score (nSPS) is 11.3. The summed E-state index contributed by atoms with van der Waals surface area (Å²) >= 11 is 5.99. The number of benzene rings is 3. The SMILES string of the molecule is Cc1c(O)cc(Cl)cc1/C=C/c1ccc2ccccc2c1. The van der Waals surface area contributed by atoms with E-state index in [9.17, 15) is 5.11 Å². The minimum atomic E-state index is 0.223. The van der Waals surface area contributed by atoms with Gasteiger partial charge in [0.15, 0.2) is 0 Å². The van der Waals surface area contributed by atoms with E-state index >= 15 is 0 Å². The van der Waals surface area contributed by atoms with Gasteiger partial charge in [-0.05, 0) is 52.6 Å². The Balaban J connectivity index is 1.98. The predicted octanol–water partition coefficient (Wildman–Crippen LogP) is 5.68. The van der Waals surface area contributed by atoms with Crippen LogP contribution in [0.1, 0.15) is 16.7 Å². The first kappa shape index (κ1) is 13.7. The molecule has 0 fully saturated rings. The highest BCUT2D eigenvalue weighted by Gasteiger charge is 2.03. The summed E-state index contributed by atoms with van der Waals surface area (Å²) in [5.41, 5.74) is 2.87. The minimum absolute atomic E-state index is 0.223. The molecule has 0 aliphatic rings. The van der Waals surface area contributed by atoms with Crippen molar-refractivity contribution in [1.29, 1.82) is 0 Å². The molecule has 21 heavy (non-hydrogen) atoms. The second-order valence-electron chi connectivity index (χ2n) is 5.08. The lowest BCUT2D eigenvalue weighted by atomic mass is 10.0. The Morgan fingerprint density at radius 3 is 2.48 bits per heavy atom. The fourth-order valence-electron chi connectivity index (χ4n) is 2.36. The largest absolute Gasteiger partial charge is 0.508 e. The zero-order valence-electron chi connectivity index (χ0n) is 11.7. The van der Waals surface area contributed by atoms with E-state index in [1.807, 2.05) is 37.3 Å². The van der Waals surface area contributed by atoms with Crippen LogP contribution in [0.3, 0.4) is 0 Å². The maximum absolute atomic E-state index is 9.80. The number of aromatic hydroxyl groups is 1. The van der Waals surface area contributed by atoms with Crippen molar-refractivity contribution in [2.24, 2.45) is 0 Å². The molecule has 0 bridgehead atoms. The van der Waals surface area contributed by atoms with Crippen molar-refractivity contribution in [3.05, 3.63) is 76.3 Å². The molecule has 0 amide bonds. The summed E-state index contributed by atoms with van der Waals surface area (Å²) in [5.74, 6) is 0.223. The molecular weight excluding hydrogens is 280 g/mol. The minimum Gasteiger partial charge on any atom is -0.508 e. The number of halogens is 1. The summed E-state index contributed by atoms with van der Waals surface area (Å²) in [7, 11) is 0. The first-order chi connectivity index (χ1) is 10.1. The Hall–Kier alpha value is -2.25. The van der Waals surface area contributed by atoms with Gasteiger partial charge in [-0.1, -0.05) is 60.2 Å². The lowest BCUT2D eigenvalue weighted by Gasteiger charge is -2.05. The molecule has 0 radical (unpaired) electrons. The zero-order chi connectivity index (χ0) is 14.8. The van der Waals surface area contributed by atoms with Crippen molar-refractivity contribution in [3.8, 4) is 5.75 Å². The van der Waals surface area contributed by atoms with Crippen LogP contribution in [0.2, 0.25) is 5.02 Å². The number of rotatable bonds is 2. The van der Waals surface area contributed by atoms with E-state index in [0.717, 1.165) is 16.7 Å². The summed E-state index contributed by atoms with van der Waals surface area (Å²) in [6, 6.07) is 18.0. The topological polar surface area (TPSA) is 20.2 Å². The molecule has 0 heterocycles. The Kier molecular flexibility index (Phi) is 3.68. The van der Waals surface area contributed by atoms with Gasteiger partial charge in [0.1, 0.15) is 5.75 Å². The maximum atomic E-state index is 9.80. The highest BCUT2D eigenvalue weighted by Crippen LogP contribution is 2.27. The van der Waals surface area contributed by atoms with Crippen molar-refractivity contribution in [3.63, 3.8) is 0 Å². The lowest BCUT2D eigenvalue weighted by molar-refractivity contribution is 0.471. The first-order valence-corrected chi connectivity index (χ1v) is 7.17. The van der Waals surface area contributed by atoms with Crippen LogP contribution in [0.15, 0.2) is 54.6 Å². The van der Waals surface area contributed by atoms with Crippen LogP contribution in [-0.4, -0.2) is 5.11 Å². The van der Waals surface area contributed by atoms with E-state index in [0.29, 0.717) is 5.02 Å². The van der Waals surface area contributed by atoms with E-state index in [1.165, 1.54) is 10.8 Å². The van der Waals surface area contributed by atoms with Crippen LogP contribution in [0.25, 0.3) is 22.9 Å². The average molecular weight is 295 g/mol. The molecule has 0 spiro atoms. The molecule has 3 aromatic rings. The highest BCUT2D eigenvalue weighted by molar-refractivity contribution is 6.30. The van der Waals surface area contributed by atoms with Gasteiger partial charge in [0.05, 0.1) is 0 Å². The van der Waals surface area contributed by atoms with Crippen LogP contribution in [0.4, 0.5) is 0 Å². The van der Waals surface area contributed by atoms with Crippen LogP contribution in [0, 0.1) is 6.92 Å². The van der Waals surface area contributed by atoms with E-state index in [2.05, 4.69) is 30.3 Å². The first-order valence-electron chi connectivity index (χ1n) is 6.79. The molecule has 0 saturated carbocycles. The van der Waals surface area contributed by atoms with Crippen molar-refractivity contribution in [2.75, 3.05) is 0 Å². The van der Waals surface area contributed by atoms with E-state index in [4.69, 9.17) is 11.6 Å². The van der Waals surface area contributed by atoms with Gasteiger partial charge in [-0.25, -0.2) is 0 Å². The summed E-state index contributed by atoms with van der Waals surface area (Å²) < 4.78 is 0. The third kappa shape index (κ3) is 2.93. The fraction of sp³-hybridized carbons (Fsp3) is 0.0526. The van der Waals surface area contributed by atoms with Gasteiger partial charge in [0.25, 0.3) is 0 Å². The Morgan fingerprint density at radius 2 is 1.67 bits per heavy atom. The van der Waals surface area contributed by atoms with Gasteiger partial charge >= 0.3 is 0 Å².